The number of aryl methyl sites for hydroxylation is 2. The Labute approximate surface area is 179 Å². The van der Waals surface area contributed by atoms with E-state index in [4.69, 9.17) is 0 Å². The van der Waals surface area contributed by atoms with Gasteiger partial charge in [-0.3, -0.25) is 14.4 Å². The Kier molecular flexibility index (Phi) is 4.80. The maximum Gasteiger partial charge on any atom is 0.209 e. The molecule has 0 aliphatic heterocycles. The van der Waals surface area contributed by atoms with Crippen LogP contribution in [-0.2, 0) is 6.54 Å². The van der Waals surface area contributed by atoms with Gasteiger partial charge in [0.05, 0.1) is 35.5 Å². The van der Waals surface area contributed by atoms with E-state index < -0.39 is 0 Å². The fraction of sp³-hybridized carbons (Fsp3) is 0.130. The highest BCUT2D eigenvalue weighted by Gasteiger charge is 2.09. The van der Waals surface area contributed by atoms with E-state index in [1.54, 1.807) is 18.7 Å². The molecule has 0 bridgehead atoms. The van der Waals surface area contributed by atoms with Crippen molar-refractivity contribution >= 4 is 11.5 Å². The first kappa shape index (κ1) is 18.8. The second kappa shape index (κ2) is 7.91. The number of pyridine rings is 2. The van der Waals surface area contributed by atoms with E-state index in [0.29, 0.717) is 6.54 Å². The minimum atomic E-state index is 0.610. The average Bonchev–Trinajstić information content (AvgIpc) is 3.20. The fourth-order valence-electron chi connectivity index (χ4n) is 3.54. The van der Waals surface area contributed by atoms with Gasteiger partial charge in [0.25, 0.3) is 0 Å². The monoisotopic (exact) mass is 408 g/mol. The number of nitrogens with zero attached hydrogens (tertiary/aromatic N) is 7. The van der Waals surface area contributed by atoms with Crippen molar-refractivity contribution < 1.29 is 0 Å². The molecule has 0 unspecified atom stereocenters. The van der Waals surface area contributed by atoms with Crippen LogP contribution in [0.2, 0.25) is 0 Å². The summed E-state index contributed by atoms with van der Waals surface area (Å²) in [5.74, 6) is 0.730. The summed E-state index contributed by atoms with van der Waals surface area (Å²) in [6.07, 6.45) is 10.6. The third kappa shape index (κ3) is 3.83. The second-order valence-corrected chi connectivity index (χ2v) is 7.33. The molecule has 5 heterocycles. The lowest BCUT2D eigenvalue weighted by Gasteiger charge is -2.10. The first-order valence-electron chi connectivity index (χ1n) is 9.90. The van der Waals surface area contributed by atoms with Crippen LogP contribution >= 0.6 is 0 Å². The van der Waals surface area contributed by atoms with Gasteiger partial charge in [0.1, 0.15) is 6.33 Å². The summed E-state index contributed by atoms with van der Waals surface area (Å²) in [4.78, 5) is 18.0. The SMILES string of the molecule is Cc1cc(-c2ncc(CNc3ncc4cc(-c5ccnnc5)ncn34)cc2C)ccn1. The van der Waals surface area contributed by atoms with Crippen LogP contribution in [0, 0.1) is 13.8 Å². The van der Waals surface area contributed by atoms with Gasteiger partial charge in [0.15, 0.2) is 0 Å². The van der Waals surface area contributed by atoms with Gasteiger partial charge in [-0.1, -0.05) is 6.07 Å². The van der Waals surface area contributed by atoms with Crippen molar-refractivity contribution in [3.05, 3.63) is 84.5 Å². The zero-order valence-electron chi connectivity index (χ0n) is 17.2. The molecule has 0 spiro atoms. The van der Waals surface area contributed by atoms with Gasteiger partial charge in [0.2, 0.25) is 5.95 Å². The summed E-state index contributed by atoms with van der Waals surface area (Å²) in [5.41, 5.74) is 7.92. The van der Waals surface area contributed by atoms with E-state index >= 15 is 0 Å². The molecule has 1 N–H and O–H groups in total. The lowest BCUT2D eigenvalue weighted by molar-refractivity contribution is 1.01. The Balaban J connectivity index is 1.34. The summed E-state index contributed by atoms with van der Waals surface area (Å²) >= 11 is 0. The third-order valence-corrected chi connectivity index (χ3v) is 5.06. The third-order valence-electron chi connectivity index (χ3n) is 5.06. The molecule has 5 rings (SSSR count). The topological polar surface area (TPSA) is 93.8 Å². The molecule has 0 amide bonds. The van der Waals surface area contributed by atoms with Crippen molar-refractivity contribution in [1.82, 2.24) is 34.5 Å². The number of fused-ring (bicyclic) bond motifs is 1. The van der Waals surface area contributed by atoms with E-state index in [1.165, 1.54) is 0 Å². The summed E-state index contributed by atoms with van der Waals surface area (Å²) in [6, 6.07) is 10.0. The molecule has 8 heteroatoms. The van der Waals surface area contributed by atoms with Crippen LogP contribution in [0.5, 0.6) is 0 Å². The Morgan fingerprint density at radius 3 is 2.55 bits per heavy atom. The standard InChI is InChI=1S/C23H20N8/c1-15-7-17(10-25-22(15)18-3-5-24-16(2)8-18)11-26-23-27-13-20-9-21(28-14-31(20)23)19-4-6-29-30-12-19/h3-10,12-14H,11H2,1-2H3,(H,26,27). The molecule has 0 atom stereocenters. The average molecular weight is 408 g/mol. The molecule has 0 aromatic carbocycles. The number of imidazole rings is 1. The van der Waals surface area contributed by atoms with E-state index in [2.05, 4.69) is 48.4 Å². The maximum atomic E-state index is 4.68. The smallest absolute Gasteiger partial charge is 0.209 e. The van der Waals surface area contributed by atoms with Crippen molar-refractivity contribution in [2.75, 3.05) is 5.32 Å². The Hall–Kier alpha value is -4.20. The molecule has 31 heavy (non-hydrogen) atoms. The largest absolute Gasteiger partial charge is 0.351 e. The summed E-state index contributed by atoms with van der Waals surface area (Å²) in [7, 11) is 0. The molecule has 0 fully saturated rings. The highest BCUT2D eigenvalue weighted by atomic mass is 15.2. The van der Waals surface area contributed by atoms with Crippen LogP contribution in [0.3, 0.4) is 0 Å². The first-order chi connectivity index (χ1) is 15.2. The Bertz CT molecular complexity index is 1360. The normalized spacial score (nSPS) is 11.0. The molecule has 0 saturated heterocycles. The number of rotatable bonds is 5. The van der Waals surface area contributed by atoms with Crippen molar-refractivity contribution in [2.24, 2.45) is 0 Å². The van der Waals surface area contributed by atoms with Crippen molar-refractivity contribution in [3.63, 3.8) is 0 Å². The van der Waals surface area contributed by atoms with Crippen LogP contribution in [0.1, 0.15) is 16.8 Å². The molecular formula is C23H20N8. The minimum absolute atomic E-state index is 0.610. The fourth-order valence-corrected chi connectivity index (χ4v) is 3.54. The van der Waals surface area contributed by atoms with Crippen molar-refractivity contribution in [2.45, 2.75) is 20.4 Å². The Morgan fingerprint density at radius 2 is 1.74 bits per heavy atom. The predicted molar refractivity (Wildman–Crippen MR) is 118 cm³/mol. The molecule has 0 saturated carbocycles. The van der Waals surface area contributed by atoms with Gasteiger partial charge < -0.3 is 5.32 Å². The van der Waals surface area contributed by atoms with Crippen LogP contribution in [-0.4, -0.2) is 34.5 Å². The highest BCUT2D eigenvalue weighted by molar-refractivity contribution is 5.65. The zero-order valence-corrected chi connectivity index (χ0v) is 17.2. The molecule has 5 aromatic heterocycles. The molecule has 8 nitrogen and oxygen atoms in total. The summed E-state index contributed by atoms with van der Waals surface area (Å²) < 4.78 is 1.92. The van der Waals surface area contributed by atoms with Crippen LogP contribution < -0.4 is 5.32 Å². The summed E-state index contributed by atoms with van der Waals surface area (Å²) in [6.45, 7) is 4.67. The van der Waals surface area contributed by atoms with Crippen LogP contribution in [0.25, 0.3) is 28.0 Å². The minimum Gasteiger partial charge on any atom is -0.351 e. The van der Waals surface area contributed by atoms with Gasteiger partial charge in [0, 0.05) is 35.8 Å². The summed E-state index contributed by atoms with van der Waals surface area (Å²) in [5, 5.41) is 11.1. The van der Waals surface area contributed by atoms with E-state index in [1.807, 2.05) is 54.2 Å². The van der Waals surface area contributed by atoms with E-state index in [0.717, 1.165) is 50.8 Å². The van der Waals surface area contributed by atoms with E-state index in [-0.39, 0.29) is 0 Å². The highest BCUT2D eigenvalue weighted by Crippen LogP contribution is 2.23. The lowest BCUT2D eigenvalue weighted by Crippen LogP contribution is -2.05. The Morgan fingerprint density at radius 1 is 0.839 bits per heavy atom. The number of anilines is 1. The van der Waals surface area contributed by atoms with Crippen LogP contribution in [0.15, 0.2) is 67.6 Å². The quantitative estimate of drug-likeness (QED) is 0.472. The molecule has 152 valence electrons. The van der Waals surface area contributed by atoms with Gasteiger partial charge in [-0.15, -0.1) is 0 Å². The van der Waals surface area contributed by atoms with Crippen molar-refractivity contribution in [3.8, 4) is 22.5 Å². The van der Waals surface area contributed by atoms with Gasteiger partial charge >= 0.3 is 0 Å². The van der Waals surface area contributed by atoms with E-state index in [9.17, 15) is 0 Å². The molecule has 5 aromatic rings. The van der Waals surface area contributed by atoms with Crippen LogP contribution in [0.4, 0.5) is 5.95 Å². The number of nitrogens with one attached hydrogen (secondary N) is 1. The predicted octanol–water partition coefficient (Wildman–Crippen LogP) is 3.87. The first-order valence-corrected chi connectivity index (χ1v) is 9.90. The molecular weight excluding hydrogens is 388 g/mol. The number of hydrogen-bond donors (Lipinski definition) is 1. The number of hydrogen-bond acceptors (Lipinski definition) is 7. The molecule has 0 radical (unpaired) electrons. The zero-order chi connectivity index (χ0) is 21.2. The van der Waals surface area contributed by atoms with Gasteiger partial charge in [-0.25, -0.2) is 9.97 Å². The van der Waals surface area contributed by atoms with Gasteiger partial charge in [-0.05, 0) is 49.2 Å². The lowest BCUT2D eigenvalue weighted by atomic mass is 10.1. The molecule has 0 aliphatic carbocycles. The van der Waals surface area contributed by atoms with Crippen molar-refractivity contribution in [1.29, 1.82) is 0 Å². The molecule has 0 aliphatic rings. The van der Waals surface area contributed by atoms with Gasteiger partial charge in [-0.2, -0.15) is 10.2 Å². The number of aromatic nitrogens is 7. The second-order valence-electron chi connectivity index (χ2n) is 7.33. The maximum absolute atomic E-state index is 4.68.